The number of aromatic nitrogens is 1. The largest absolute Gasteiger partial charge is 0.300 e. The lowest BCUT2D eigenvalue weighted by Crippen LogP contribution is -2.48. The van der Waals surface area contributed by atoms with Crippen LogP contribution in [0.15, 0.2) is 12.2 Å². The minimum Gasteiger partial charge on any atom is -0.300 e. The maximum atomic E-state index is 13.1. The third-order valence-corrected chi connectivity index (χ3v) is 7.00. The Kier molecular flexibility index (Phi) is 5.36. The zero-order valence-corrected chi connectivity index (χ0v) is 17.3. The molecule has 1 N–H and O–H groups in total. The van der Waals surface area contributed by atoms with Crippen molar-refractivity contribution in [1.29, 1.82) is 0 Å². The van der Waals surface area contributed by atoms with Gasteiger partial charge in [0.25, 0.3) is 0 Å². The van der Waals surface area contributed by atoms with Gasteiger partial charge in [0, 0.05) is 4.88 Å². The Morgan fingerprint density at radius 3 is 2.43 bits per heavy atom. The van der Waals surface area contributed by atoms with E-state index < -0.39 is 6.04 Å². The number of hydrogen-bond acceptors (Lipinski definition) is 5. The van der Waals surface area contributed by atoms with Crippen LogP contribution in [0.3, 0.4) is 0 Å². The highest BCUT2D eigenvalue weighted by Crippen LogP contribution is 2.37. The molecule has 3 atom stereocenters. The van der Waals surface area contributed by atoms with Crippen LogP contribution in [0, 0.1) is 17.8 Å². The Bertz CT molecular complexity index is 779. The number of rotatable bonds is 5. The first-order valence-corrected chi connectivity index (χ1v) is 11.1. The maximum Gasteiger partial charge on any atom is 0.249 e. The van der Waals surface area contributed by atoms with Crippen molar-refractivity contribution in [2.24, 2.45) is 17.8 Å². The number of thiazole rings is 1. The number of carbonyl (C=O) groups is 3. The quantitative estimate of drug-likeness (QED) is 0.606. The summed E-state index contributed by atoms with van der Waals surface area (Å²) in [5, 5.41) is 3.50. The Morgan fingerprint density at radius 1 is 1.18 bits per heavy atom. The van der Waals surface area contributed by atoms with E-state index in [0.717, 1.165) is 31.4 Å². The van der Waals surface area contributed by atoms with Crippen LogP contribution in [0.25, 0.3) is 0 Å². The summed E-state index contributed by atoms with van der Waals surface area (Å²) in [6.07, 6.45) is 9.82. The number of nitrogens with zero attached hydrogens (tertiary/aromatic N) is 2. The highest BCUT2D eigenvalue weighted by atomic mass is 32.1. The summed E-state index contributed by atoms with van der Waals surface area (Å²) in [5.41, 5.74) is 1.08. The van der Waals surface area contributed by atoms with Crippen LogP contribution in [0.1, 0.15) is 56.5 Å². The van der Waals surface area contributed by atoms with Crippen molar-refractivity contribution in [3.63, 3.8) is 0 Å². The fourth-order valence-corrected chi connectivity index (χ4v) is 5.56. The maximum absolute atomic E-state index is 13.1. The molecule has 0 bridgehead atoms. The molecule has 1 fully saturated rings. The highest BCUT2D eigenvalue weighted by Gasteiger charge is 2.51. The van der Waals surface area contributed by atoms with Gasteiger partial charge in [-0.2, -0.15) is 0 Å². The monoisotopic (exact) mass is 401 g/mol. The van der Waals surface area contributed by atoms with Crippen molar-refractivity contribution < 1.29 is 14.4 Å². The second-order valence-corrected chi connectivity index (χ2v) is 9.52. The molecule has 1 aromatic heterocycles. The number of amides is 3. The van der Waals surface area contributed by atoms with Gasteiger partial charge >= 0.3 is 0 Å². The summed E-state index contributed by atoms with van der Waals surface area (Å²) in [7, 11) is 0. The van der Waals surface area contributed by atoms with Gasteiger partial charge in [0.15, 0.2) is 5.13 Å². The number of nitrogens with one attached hydrogen (secondary N) is 1. The third kappa shape index (κ3) is 3.52. The first-order valence-electron chi connectivity index (χ1n) is 10.3. The molecule has 7 heteroatoms. The van der Waals surface area contributed by atoms with Crippen molar-refractivity contribution in [3.8, 4) is 0 Å². The van der Waals surface area contributed by atoms with Gasteiger partial charge in [-0.25, -0.2) is 4.98 Å². The molecule has 0 saturated carbocycles. The molecule has 3 aliphatic rings. The van der Waals surface area contributed by atoms with Crippen LogP contribution < -0.4 is 5.32 Å². The second-order valence-electron chi connectivity index (χ2n) is 8.43. The SMILES string of the molecule is CC(C)CC(C(=O)Nc1nc2c(s1)CCCC2)N1C(=O)C2CC=CCC2C1=O. The minimum absolute atomic E-state index is 0.182. The van der Waals surface area contributed by atoms with Gasteiger partial charge in [-0.3, -0.25) is 19.3 Å². The molecule has 1 saturated heterocycles. The molecule has 3 unspecified atom stereocenters. The molecule has 0 radical (unpaired) electrons. The van der Waals surface area contributed by atoms with E-state index in [-0.39, 0.29) is 35.5 Å². The van der Waals surface area contributed by atoms with Gasteiger partial charge in [0.2, 0.25) is 17.7 Å². The van der Waals surface area contributed by atoms with Crippen LogP contribution in [0.2, 0.25) is 0 Å². The number of anilines is 1. The smallest absolute Gasteiger partial charge is 0.249 e. The standard InChI is InChI=1S/C21H27N3O3S/c1-12(2)11-16(24-19(26)13-7-3-4-8-14(13)20(24)27)18(25)23-21-22-15-9-5-6-10-17(15)28-21/h3-4,12-14,16H,5-11H2,1-2H3,(H,22,23,25). The molecule has 2 heterocycles. The second kappa shape index (κ2) is 7.78. The summed E-state index contributed by atoms with van der Waals surface area (Å²) < 4.78 is 0. The van der Waals surface area contributed by atoms with E-state index in [9.17, 15) is 14.4 Å². The number of hydrogen-bond donors (Lipinski definition) is 1. The highest BCUT2D eigenvalue weighted by molar-refractivity contribution is 7.15. The van der Waals surface area contributed by atoms with Gasteiger partial charge < -0.3 is 5.32 Å². The minimum atomic E-state index is -0.772. The first-order chi connectivity index (χ1) is 13.5. The molecule has 1 aromatic rings. The van der Waals surface area contributed by atoms with E-state index >= 15 is 0 Å². The lowest BCUT2D eigenvalue weighted by atomic mass is 9.85. The number of fused-ring (bicyclic) bond motifs is 2. The van der Waals surface area contributed by atoms with Gasteiger partial charge in [0.1, 0.15) is 6.04 Å². The van der Waals surface area contributed by atoms with Crippen LogP contribution >= 0.6 is 11.3 Å². The van der Waals surface area contributed by atoms with Gasteiger partial charge in [-0.05, 0) is 50.9 Å². The number of allylic oxidation sites excluding steroid dienone is 2. The van der Waals surface area contributed by atoms with Crippen molar-refractivity contribution in [1.82, 2.24) is 9.88 Å². The van der Waals surface area contributed by atoms with E-state index in [1.165, 1.54) is 21.1 Å². The summed E-state index contributed by atoms with van der Waals surface area (Å²) in [6, 6.07) is -0.772. The Hall–Kier alpha value is -2.02. The third-order valence-electron chi connectivity index (χ3n) is 5.93. The number of likely N-dealkylation sites (tertiary alicyclic amines) is 1. The van der Waals surface area contributed by atoms with Crippen molar-refractivity contribution in [2.75, 3.05) is 5.32 Å². The molecule has 4 rings (SSSR count). The average molecular weight is 402 g/mol. The van der Waals surface area contributed by atoms with Crippen LogP contribution in [0.5, 0.6) is 0 Å². The average Bonchev–Trinajstić information content (AvgIpc) is 3.19. The fraction of sp³-hybridized carbons (Fsp3) is 0.619. The molecule has 6 nitrogen and oxygen atoms in total. The van der Waals surface area contributed by atoms with Crippen molar-refractivity contribution in [3.05, 3.63) is 22.7 Å². The topological polar surface area (TPSA) is 79.4 Å². The Labute approximate surface area is 169 Å². The number of carbonyl (C=O) groups excluding carboxylic acids is 3. The molecule has 3 amide bonds. The fourth-order valence-electron chi connectivity index (χ4n) is 4.50. The van der Waals surface area contributed by atoms with Gasteiger partial charge in [0.05, 0.1) is 17.5 Å². The summed E-state index contributed by atoms with van der Waals surface area (Å²) in [4.78, 5) is 46.1. The van der Waals surface area contributed by atoms with E-state index in [2.05, 4.69) is 10.3 Å². The lowest BCUT2D eigenvalue weighted by Gasteiger charge is -2.27. The lowest BCUT2D eigenvalue weighted by molar-refractivity contribution is -0.147. The molecule has 150 valence electrons. The van der Waals surface area contributed by atoms with Crippen molar-refractivity contribution in [2.45, 2.75) is 64.8 Å². The molecular weight excluding hydrogens is 374 g/mol. The summed E-state index contributed by atoms with van der Waals surface area (Å²) in [6.45, 7) is 4.00. The van der Waals surface area contributed by atoms with Crippen LogP contribution in [-0.2, 0) is 27.2 Å². The molecule has 0 aromatic carbocycles. The summed E-state index contributed by atoms with van der Waals surface area (Å²) >= 11 is 1.52. The molecular formula is C21H27N3O3S. The number of imide groups is 1. The Morgan fingerprint density at radius 2 is 1.82 bits per heavy atom. The van der Waals surface area contributed by atoms with Crippen molar-refractivity contribution >= 4 is 34.2 Å². The predicted molar refractivity (Wildman–Crippen MR) is 108 cm³/mol. The molecule has 0 spiro atoms. The van der Waals surface area contributed by atoms with Gasteiger partial charge in [-0.15, -0.1) is 11.3 Å². The van der Waals surface area contributed by atoms with E-state index in [1.54, 1.807) is 0 Å². The zero-order valence-electron chi connectivity index (χ0n) is 16.4. The molecule has 28 heavy (non-hydrogen) atoms. The normalized spacial score (nSPS) is 25.0. The summed E-state index contributed by atoms with van der Waals surface area (Å²) in [5.74, 6) is -1.13. The van der Waals surface area contributed by atoms with E-state index in [1.807, 2.05) is 26.0 Å². The van der Waals surface area contributed by atoms with Gasteiger partial charge in [-0.1, -0.05) is 26.0 Å². The first kappa shape index (κ1) is 19.3. The number of aryl methyl sites for hydroxylation is 2. The van der Waals surface area contributed by atoms with E-state index in [4.69, 9.17) is 0 Å². The van der Waals surface area contributed by atoms with E-state index in [0.29, 0.717) is 24.4 Å². The predicted octanol–water partition coefficient (Wildman–Crippen LogP) is 3.33. The van der Waals surface area contributed by atoms with Crippen LogP contribution in [0.4, 0.5) is 5.13 Å². The Balaban J connectivity index is 1.55. The molecule has 1 aliphatic heterocycles. The zero-order chi connectivity index (χ0) is 19.8. The van der Waals surface area contributed by atoms with Crippen LogP contribution in [-0.4, -0.2) is 33.6 Å². The molecule has 2 aliphatic carbocycles.